The summed E-state index contributed by atoms with van der Waals surface area (Å²) in [5.41, 5.74) is 4.04. The predicted octanol–water partition coefficient (Wildman–Crippen LogP) is 2.51. The third kappa shape index (κ3) is 3.12. The van der Waals surface area contributed by atoms with Crippen molar-refractivity contribution in [3.8, 4) is 0 Å². The molecule has 0 saturated heterocycles. The third-order valence-electron chi connectivity index (χ3n) is 3.44. The lowest BCUT2D eigenvalue weighted by Gasteiger charge is -2.14. The zero-order valence-corrected chi connectivity index (χ0v) is 11.6. The summed E-state index contributed by atoms with van der Waals surface area (Å²) in [6.45, 7) is 6.21. The highest BCUT2D eigenvalue weighted by molar-refractivity contribution is 5.31. The van der Waals surface area contributed by atoms with Crippen molar-refractivity contribution in [1.29, 1.82) is 0 Å². The lowest BCUT2D eigenvalue weighted by Crippen LogP contribution is -2.22. The monoisotopic (exact) mass is 257 g/mol. The van der Waals surface area contributed by atoms with Gasteiger partial charge in [-0.15, -0.1) is 0 Å². The van der Waals surface area contributed by atoms with Crippen molar-refractivity contribution in [3.05, 3.63) is 69.1 Å². The Morgan fingerprint density at radius 1 is 1.11 bits per heavy atom. The average molecular weight is 257 g/mol. The molecule has 0 spiro atoms. The number of hydrogen-bond donors (Lipinski definition) is 1. The van der Waals surface area contributed by atoms with Gasteiger partial charge in [0.05, 0.1) is 12.6 Å². The number of rotatable bonds is 3. The molecule has 1 atom stereocenters. The molecule has 0 aliphatic heterocycles. The van der Waals surface area contributed by atoms with Crippen LogP contribution in [0.2, 0.25) is 0 Å². The summed E-state index contributed by atoms with van der Waals surface area (Å²) in [5, 5.41) is 10.2. The molecule has 0 bridgehead atoms. The lowest BCUT2D eigenvalue weighted by molar-refractivity contribution is 0.155. The van der Waals surface area contributed by atoms with Gasteiger partial charge in [-0.25, -0.2) is 0 Å². The Labute approximate surface area is 113 Å². The van der Waals surface area contributed by atoms with Crippen LogP contribution >= 0.6 is 0 Å². The summed E-state index contributed by atoms with van der Waals surface area (Å²) < 4.78 is 1.53. The number of aromatic nitrogens is 1. The van der Waals surface area contributed by atoms with Crippen molar-refractivity contribution in [2.24, 2.45) is 0 Å². The first-order valence-corrected chi connectivity index (χ1v) is 6.39. The minimum atomic E-state index is -0.667. The number of aliphatic hydroxyl groups is 1. The van der Waals surface area contributed by atoms with E-state index in [2.05, 4.69) is 0 Å². The minimum Gasteiger partial charge on any atom is -0.387 e. The molecule has 0 fully saturated rings. The summed E-state index contributed by atoms with van der Waals surface area (Å²) in [4.78, 5) is 11.8. The topological polar surface area (TPSA) is 42.2 Å². The maximum atomic E-state index is 11.8. The number of benzene rings is 1. The second kappa shape index (κ2) is 5.41. The van der Waals surface area contributed by atoms with Crippen LogP contribution in [0.25, 0.3) is 0 Å². The van der Waals surface area contributed by atoms with Gasteiger partial charge in [0.25, 0.3) is 5.56 Å². The Hall–Kier alpha value is -1.87. The largest absolute Gasteiger partial charge is 0.387 e. The Morgan fingerprint density at radius 2 is 1.84 bits per heavy atom. The van der Waals surface area contributed by atoms with E-state index in [9.17, 15) is 9.90 Å². The normalized spacial score (nSPS) is 12.4. The molecule has 1 heterocycles. The molecule has 0 aliphatic rings. The Morgan fingerprint density at radius 3 is 2.47 bits per heavy atom. The maximum Gasteiger partial charge on any atom is 0.250 e. The molecular weight excluding hydrogens is 238 g/mol. The number of aryl methyl sites for hydroxylation is 3. The van der Waals surface area contributed by atoms with Crippen LogP contribution in [0, 0.1) is 20.8 Å². The molecule has 1 unspecified atom stereocenters. The van der Waals surface area contributed by atoms with Crippen LogP contribution in [0.15, 0.2) is 41.3 Å². The van der Waals surface area contributed by atoms with Crippen LogP contribution in [0.3, 0.4) is 0 Å². The summed E-state index contributed by atoms with van der Waals surface area (Å²) in [6.07, 6.45) is 1.06. The molecule has 1 aromatic heterocycles. The fourth-order valence-corrected chi connectivity index (χ4v) is 2.02. The number of pyridine rings is 1. The smallest absolute Gasteiger partial charge is 0.250 e. The van der Waals surface area contributed by atoms with Crippen LogP contribution in [-0.4, -0.2) is 9.67 Å². The van der Waals surface area contributed by atoms with Crippen molar-refractivity contribution in [2.75, 3.05) is 0 Å². The molecule has 19 heavy (non-hydrogen) atoms. The van der Waals surface area contributed by atoms with Gasteiger partial charge in [-0.05, 0) is 49.1 Å². The van der Waals surface area contributed by atoms with E-state index in [4.69, 9.17) is 0 Å². The Kier molecular flexibility index (Phi) is 3.86. The fraction of sp³-hybridized carbons (Fsp3) is 0.312. The molecular formula is C16H19NO2. The molecule has 3 nitrogen and oxygen atoms in total. The van der Waals surface area contributed by atoms with E-state index >= 15 is 0 Å². The summed E-state index contributed by atoms with van der Waals surface area (Å²) in [6, 6.07) is 9.32. The molecule has 1 N–H and O–H groups in total. The van der Waals surface area contributed by atoms with Crippen LogP contribution in [0.1, 0.15) is 28.4 Å². The quantitative estimate of drug-likeness (QED) is 0.918. The number of hydrogen-bond acceptors (Lipinski definition) is 2. The van der Waals surface area contributed by atoms with Gasteiger partial charge < -0.3 is 9.67 Å². The molecule has 0 saturated carbocycles. The zero-order chi connectivity index (χ0) is 14.0. The van der Waals surface area contributed by atoms with Crippen LogP contribution in [-0.2, 0) is 6.54 Å². The van der Waals surface area contributed by atoms with Gasteiger partial charge in [-0.2, -0.15) is 0 Å². The standard InChI is InChI=1S/C16H19NO2/c1-11-6-7-17(16(19)8-11)10-15(18)14-5-4-12(2)13(3)9-14/h4-9,15,18H,10H2,1-3H3. The van der Waals surface area contributed by atoms with Crippen molar-refractivity contribution < 1.29 is 5.11 Å². The highest BCUT2D eigenvalue weighted by Gasteiger charge is 2.10. The minimum absolute atomic E-state index is 0.0807. The van der Waals surface area contributed by atoms with Gasteiger partial charge in [0.15, 0.2) is 0 Å². The predicted molar refractivity (Wildman–Crippen MR) is 76.3 cm³/mol. The van der Waals surface area contributed by atoms with Gasteiger partial charge >= 0.3 is 0 Å². The number of nitrogens with zero attached hydrogens (tertiary/aromatic N) is 1. The van der Waals surface area contributed by atoms with Gasteiger partial charge in [-0.3, -0.25) is 4.79 Å². The molecule has 1 aromatic carbocycles. The highest BCUT2D eigenvalue weighted by Crippen LogP contribution is 2.18. The first kappa shape index (κ1) is 13.6. The van der Waals surface area contributed by atoms with Crippen LogP contribution < -0.4 is 5.56 Å². The molecule has 0 amide bonds. The highest BCUT2D eigenvalue weighted by atomic mass is 16.3. The molecule has 0 radical (unpaired) electrons. The van der Waals surface area contributed by atoms with Crippen LogP contribution in [0.4, 0.5) is 0 Å². The van der Waals surface area contributed by atoms with Crippen LogP contribution in [0.5, 0.6) is 0 Å². The van der Waals surface area contributed by atoms with E-state index in [-0.39, 0.29) is 12.1 Å². The Balaban J connectivity index is 2.22. The second-order valence-corrected chi connectivity index (χ2v) is 5.05. The van der Waals surface area contributed by atoms with Gasteiger partial charge in [-0.1, -0.05) is 18.2 Å². The first-order valence-electron chi connectivity index (χ1n) is 6.39. The maximum absolute atomic E-state index is 11.8. The van der Waals surface area contributed by atoms with E-state index in [0.29, 0.717) is 0 Å². The molecule has 2 rings (SSSR count). The summed E-state index contributed by atoms with van der Waals surface area (Å²) in [5.74, 6) is 0. The van der Waals surface area contributed by atoms with Gasteiger partial charge in [0.2, 0.25) is 0 Å². The third-order valence-corrected chi connectivity index (χ3v) is 3.44. The summed E-state index contributed by atoms with van der Waals surface area (Å²) >= 11 is 0. The van der Waals surface area contributed by atoms with E-state index < -0.39 is 6.10 Å². The lowest BCUT2D eigenvalue weighted by atomic mass is 10.0. The average Bonchev–Trinajstić information content (AvgIpc) is 2.36. The summed E-state index contributed by atoms with van der Waals surface area (Å²) in [7, 11) is 0. The van der Waals surface area contributed by atoms with E-state index in [0.717, 1.165) is 16.7 Å². The Bertz CT molecular complexity index is 643. The molecule has 0 aliphatic carbocycles. The van der Waals surface area contributed by atoms with Crippen molar-refractivity contribution in [3.63, 3.8) is 0 Å². The van der Waals surface area contributed by atoms with E-state index in [1.165, 1.54) is 10.1 Å². The first-order chi connectivity index (χ1) is 8.97. The van der Waals surface area contributed by atoms with Gasteiger partial charge in [0.1, 0.15) is 0 Å². The fourth-order valence-electron chi connectivity index (χ4n) is 2.02. The van der Waals surface area contributed by atoms with Crippen molar-refractivity contribution in [1.82, 2.24) is 4.57 Å². The SMILES string of the molecule is Cc1ccn(CC(O)c2ccc(C)c(C)c2)c(=O)c1. The van der Waals surface area contributed by atoms with E-state index in [1.54, 1.807) is 12.3 Å². The van der Waals surface area contributed by atoms with Crippen molar-refractivity contribution >= 4 is 0 Å². The molecule has 2 aromatic rings. The zero-order valence-electron chi connectivity index (χ0n) is 11.6. The molecule has 3 heteroatoms. The van der Waals surface area contributed by atoms with E-state index in [1.807, 2.05) is 45.0 Å². The van der Waals surface area contributed by atoms with Gasteiger partial charge in [0, 0.05) is 12.3 Å². The van der Waals surface area contributed by atoms with Crippen molar-refractivity contribution in [2.45, 2.75) is 33.4 Å². The molecule has 100 valence electrons. The second-order valence-electron chi connectivity index (χ2n) is 5.05. The number of aliphatic hydroxyl groups excluding tert-OH is 1.